The summed E-state index contributed by atoms with van der Waals surface area (Å²) in [5, 5.41) is 13.2. The van der Waals surface area contributed by atoms with Crippen LogP contribution in [0.5, 0.6) is 5.75 Å². The van der Waals surface area contributed by atoms with Crippen LogP contribution in [-0.4, -0.2) is 30.8 Å². The van der Waals surface area contributed by atoms with Crippen molar-refractivity contribution >= 4 is 46.2 Å². The maximum Gasteiger partial charge on any atom is 0.269 e. The Kier molecular flexibility index (Phi) is 9.05. The molecule has 0 saturated carbocycles. The molecule has 34 heavy (non-hydrogen) atoms. The fourth-order valence-electron chi connectivity index (χ4n) is 3.22. The number of carbonyl (C=O) groups excluding carboxylic acids is 1. The highest BCUT2D eigenvalue weighted by molar-refractivity contribution is 7.07. The summed E-state index contributed by atoms with van der Waals surface area (Å²) in [5.74, 6) is -0.120. The summed E-state index contributed by atoms with van der Waals surface area (Å²) < 4.78 is 12.8. The Morgan fingerprint density at radius 3 is 2.65 bits per heavy atom. The van der Waals surface area contributed by atoms with Crippen molar-refractivity contribution in [3.05, 3.63) is 78.7 Å². The van der Waals surface area contributed by atoms with Gasteiger partial charge in [0.05, 0.1) is 16.8 Å². The lowest BCUT2D eigenvalue weighted by Crippen LogP contribution is -2.34. The number of anilines is 1. The van der Waals surface area contributed by atoms with Crippen molar-refractivity contribution in [2.45, 2.75) is 19.9 Å². The van der Waals surface area contributed by atoms with Gasteiger partial charge in [0, 0.05) is 25.3 Å². The SMILES string of the molecule is CCOc1ccccc1NC(=O)/C(C#N)=c1\s/c(=C\c2ccc(Cl)cc2)c(=O)n1CCCOC. The number of amides is 1. The van der Waals surface area contributed by atoms with E-state index in [-0.39, 0.29) is 15.8 Å². The molecule has 0 spiro atoms. The molecule has 0 bridgehead atoms. The van der Waals surface area contributed by atoms with Gasteiger partial charge >= 0.3 is 0 Å². The van der Waals surface area contributed by atoms with Crippen molar-refractivity contribution in [2.75, 3.05) is 25.6 Å². The quantitative estimate of drug-likeness (QED) is 0.458. The summed E-state index contributed by atoms with van der Waals surface area (Å²) in [6.07, 6.45) is 2.27. The molecule has 0 aliphatic heterocycles. The van der Waals surface area contributed by atoms with Crippen LogP contribution in [0.2, 0.25) is 5.02 Å². The van der Waals surface area contributed by atoms with Crippen LogP contribution in [0, 0.1) is 11.3 Å². The molecule has 0 aliphatic rings. The van der Waals surface area contributed by atoms with E-state index in [1.165, 1.54) is 4.57 Å². The predicted molar refractivity (Wildman–Crippen MR) is 135 cm³/mol. The molecule has 1 amide bonds. The molecular weight excluding hydrogens is 474 g/mol. The number of hydrogen-bond acceptors (Lipinski definition) is 6. The maximum absolute atomic E-state index is 13.2. The fraction of sp³-hybridized carbons (Fsp3) is 0.240. The van der Waals surface area contributed by atoms with Crippen LogP contribution < -0.4 is 24.8 Å². The highest BCUT2D eigenvalue weighted by Gasteiger charge is 2.17. The van der Waals surface area contributed by atoms with Crippen molar-refractivity contribution in [1.82, 2.24) is 4.57 Å². The molecule has 0 atom stereocenters. The maximum atomic E-state index is 13.2. The minimum Gasteiger partial charge on any atom is -0.492 e. The molecular formula is C25H24ClN3O4S. The zero-order valence-electron chi connectivity index (χ0n) is 18.8. The van der Waals surface area contributed by atoms with Crippen LogP contribution in [0.15, 0.2) is 53.3 Å². The average Bonchev–Trinajstić information content (AvgIpc) is 3.12. The Hall–Kier alpha value is -3.38. The van der Waals surface area contributed by atoms with Crippen molar-refractivity contribution in [2.24, 2.45) is 0 Å². The van der Waals surface area contributed by atoms with Crippen molar-refractivity contribution in [3.8, 4) is 11.8 Å². The molecule has 7 nitrogen and oxygen atoms in total. The van der Waals surface area contributed by atoms with E-state index in [0.717, 1.165) is 16.9 Å². The summed E-state index contributed by atoms with van der Waals surface area (Å²) in [6, 6.07) is 16.0. The number of benzene rings is 2. The highest BCUT2D eigenvalue weighted by atomic mass is 35.5. The Balaban J connectivity index is 2.12. The first-order valence-corrected chi connectivity index (χ1v) is 11.8. The highest BCUT2D eigenvalue weighted by Crippen LogP contribution is 2.24. The molecule has 3 rings (SSSR count). The van der Waals surface area contributed by atoms with E-state index in [9.17, 15) is 14.9 Å². The van der Waals surface area contributed by atoms with E-state index >= 15 is 0 Å². The van der Waals surface area contributed by atoms with E-state index < -0.39 is 5.91 Å². The number of methoxy groups -OCH3 is 1. The van der Waals surface area contributed by atoms with Crippen molar-refractivity contribution < 1.29 is 14.3 Å². The summed E-state index contributed by atoms with van der Waals surface area (Å²) in [7, 11) is 1.58. The number of nitriles is 1. The third-order valence-electron chi connectivity index (χ3n) is 4.79. The average molecular weight is 498 g/mol. The Morgan fingerprint density at radius 2 is 1.97 bits per heavy atom. The standard InChI is InChI=1S/C25H24ClN3O4S/c1-3-33-21-8-5-4-7-20(21)28-23(30)19(16-27)25-29(13-6-14-32-2)24(31)22(34-25)15-17-9-11-18(26)12-10-17/h4-5,7-12,15H,3,6,13-14H2,1-2H3,(H,28,30)/b22-15-,25-19-. The normalized spacial score (nSPS) is 12.2. The molecule has 0 fully saturated rings. The molecule has 0 unspecified atom stereocenters. The Bertz CT molecular complexity index is 1370. The van der Waals surface area contributed by atoms with Gasteiger partial charge in [0.2, 0.25) is 0 Å². The largest absolute Gasteiger partial charge is 0.492 e. The van der Waals surface area contributed by atoms with E-state index in [1.54, 1.807) is 61.7 Å². The number of aromatic nitrogens is 1. The first-order chi connectivity index (χ1) is 16.5. The number of para-hydroxylation sites is 2. The molecule has 3 aromatic rings. The van der Waals surface area contributed by atoms with Gasteiger partial charge in [-0.25, -0.2) is 0 Å². The zero-order valence-corrected chi connectivity index (χ0v) is 20.4. The number of thiazole rings is 1. The van der Waals surface area contributed by atoms with E-state index in [0.29, 0.717) is 47.2 Å². The molecule has 0 aliphatic carbocycles. The molecule has 2 aromatic carbocycles. The lowest BCUT2D eigenvalue weighted by Gasteiger charge is -2.11. The van der Waals surface area contributed by atoms with E-state index in [1.807, 2.05) is 13.0 Å². The van der Waals surface area contributed by atoms with Gasteiger partial charge in [0.25, 0.3) is 11.5 Å². The number of nitrogens with zero attached hydrogens (tertiary/aromatic N) is 2. The van der Waals surface area contributed by atoms with Gasteiger partial charge in [-0.2, -0.15) is 5.26 Å². The van der Waals surface area contributed by atoms with Gasteiger partial charge in [0.15, 0.2) is 5.57 Å². The van der Waals surface area contributed by atoms with Gasteiger partial charge < -0.3 is 14.8 Å². The number of ether oxygens (including phenoxy) is 2. The minimum atomic E-state index is -0.616. The Morgan fingerprint density at radius 1 is 1.24 bits per heavy atom. The second kappa shape index (κ2) is 12.2. The van der Waals surface area contributed by atoms with Crippen LogP contribution in [0.25, 0.3) is 11.6 Å². The lowest BCUT2D eigenvalue weighted by molar-refractivity contribution is -0.111. The van der Waals surface area contributed by atoms with Crippen LogP contribution in [0.4, 0.5) is 5.69 Å². The van der Waals surface area contributed by atoms with Gasteiger partial charge in [-0.15, -0.1) is 11.3 Å². The third-order valence-corrected chi connectivity index (χ3v) is 6.18. The second-order valence-corrected chi connectivity index (χ2v) is 8.61. The summed E-state index contributed by atoms with van der Waals surface area (Å²) in [5.41, 5.74) is 0.801. The van der Waals surface area contributed by atoms with Crippen LogP contribution in [0.3, 0.4) is 0 Å². The number of nitrogens with one attached hydrogen (secondary N) is 1. The van der Waals surface area contributed by atoms with Crippen molar-refractivity contribution in [1.29, 1.82) is 5.26 Å². The monoisotopic (exact) mass is 497 g/mol. The summed E-state index contributed by atoms with van der Waals surface area (Å²) in [4.78, 5) is 26.3. The van der Waals surface area contributed by atoms with E-state index in [2.05, 4.69) is 5.32 Å². The fourth-order valence-corrected chi connectivity index (χ4v) is 4.47. The van der Waals surface area contributed by atoms with Crippen LogP contribution in [0.1, 0.15) is 18.9 Å². The molecule has 0 saturated heterocycles. The van der Waals surface area contributed by atoms with Gasteiger partial charge in [-0.3, -0.25) is 14.2 Å². The Labute approximate surface area is 206 Å². The topological polar surface area (TPSA) is 93.4 Å². The summed E-state index contributed by atoms with van der Waals surface area (Å²) in [6.45, 7) is 3.01. The zero-order chi connectivity index (χ0) is 24.5. The smallest absolute Gasteiger partial charge is 0.269 e. The van der Waals surface area contributed by atoms with Gasteiger partial charge in [0.1, 0.15) is 16.5 Å². The number of halogens is 1. The third kappa shape index (κ3) is 6.14. The van der Waals surface area contributed by atoms with Crippen LogP contribution in [-0.2, 0) is 16.1 Å². The predicted octanol–water partition coefficient (Wildman–Crippen LogP) is 3.14. The molecule has 0 radical (unpaired) electrons. The molecule has 1 aromatic heterocycles. The van der Waals surface area contributed by atoms with Crippen LogP contribution >= 0.6 is 22.9 Å². The molecule has 1 N–H and O–H groups in total. The van der Waals surface area contributed by atoms with E-state index in [4.69, 9.17) is 21.1 Å². The first-order valence-electron chi connectivity index (χ1n) is 10.6. The number of rotatable bonds is 9. The second-order valence-electron chi connectivity index (χ2n) is 7.14. The lowest BCUT2D eigenvalue weighted by atomic mass is 10.2. The number of hydrogen-bond donors (Lipinski definition) is 1. The molecule has 176 valence electrons. The van der Waals surface area contributed by atoms with Gasteiger partial charge in [-0.05, 0) is 49.2 Å². The van der Waals surface area contributed by atoms with Crippen molar-refractivity contribution in [3.63, 3.8) is 0 Å². The molecule has 1 heterocycles. The number of carbonyl (C=O) groups is 1. The summed E-state index contributed by atoms with van der Waals surface area (Å²) >= 11 is 7.06. The minimum absolute atomic E-state index is 0.151. The molecule has 9 heteroatoms. The van der Waals surface area contributed by atoms with Gasteiger partial charge in [-0.1, -0.05) is 35.9 Å². The first kappa shape index (κ1) is 25.2.